The third-order valence-corrected chi connectivity index (χ3v) is 4.49. The number of hydrogen-bond donors (Lipinski definition) is 0. The maximum atomic E-state index is 2.34. The molecule has 2 aliphatic carbocycles. The topological polar surface area (TPSA) is 0 Å². The molecule has 2 fully saturated rings. The number of rotatable bonds is 4. The molecule has 2 atom stereocenters. The molecule has 2 rings (SSSR count). The Balaban J connectivity index is 1.67. The third-order valence-electron chi connectivity index (χ3n) is 4.49. The van der Waals surface area contributed by atoms with Crippen LogP contribution < -0.4 is 0 Å². The van der Waals surface area contributed by atoms with Crippen molar-refractivity contribution in [3.8, 4) is 0 Å². The van der Waals surface area contributed by atoms with Gasteiger partial charge in [-0.25, -0.2) is 0 Å². The smallest absolute Gasteiger partial charge is 0.0409 e. The van der Waals surface area contributed by atoms with Gasteiger partial charge in [0.2, 0.25) is 0 Å². The SMILES string of the molecule is CCCC1CCC(CC2CCCC2)C1. The lowest BCUT2D eigenvalue weighted by Crippen LogP contribution is -2.03. The average Bonchev–Trinajstić information content (AvgIpc) is 2.79. The average molecular weight is 194 g/mol. The zero-order chi connectivity index (χ0) is 9.80. The predicted octanol–water partition coefficient (Wildman–Crippen LogP) is 4.78. The number of hydrogen-bond acceptors (Lipinski definition) is 0. The highest BCUT2D eigenvalue weighted by molar-refractivity contribution is 4.79. The minimum Gasteiger partial charge on any atom is -0.0654 e. The van der Waals surface area contributed by atoms with E-state index in [2.05, 4.69) is 6.92 Å². The molecule has 82 valence electrons. The molecule has 0 saturated heterocycles. The van der Waals surface area contributed by atoms with Crippen LogP contribution in [-0.2, 0) is 0 Å². The molecule has 2 saturated carbocycles. The molecule has 0 heterocycles. The Kier molecular flexibility index (Phi) is 3.89. The van der Waals surface area contributed by atoms with Crippen LogP contribution in [0, 0.1) is 17.8 Å². The van der Waals surface area contributed by atoms with Crippen LogP contribution in [0.5, 0.6) is 0 Å². The van der Waals surface area contributed by atoms with Gasteiger partial charge in [0.15, 0.2) is 0 Å². The summed E-state index contributed by atoms with van der Waals surface area (Å²) in [6.07, 6.45) is 15.3. The van der Waals surface area contributed by atoms with Gasteiger partial charge in [0, 0.05) is 0 Å². The Bertz CT molecular complexity index is 155. The minimum absolute atomic E-state index is 1.10. The van der Waals surface area contributed by atoms with E-state index in [0.29, 0.717) is 0 Å². The fraction of sp³-hybridized carbons (Fsp3) is 1.00. The quantitative estimate of drug-likeness (QED) is 0.604. The van der Waals surface area contributed by atoms with Crippen LogP contribution >= 0.6 is 0 Å². The first-order valence-corrected chi connectivity index (χ1v) is 6.88. The summed E-state index contributed by atoms with van der Waals surface area (Å²) in [5.74, 6) is 3.35. The summed E-state index contributed by atoms with van der Waals surface area (Å²) in [6.45, 7) is 2.34. The lowest BCUT2D eigenvalue weighted by atomic mass is 9.91. The van der Waals surface area contributed by atoms with Gasteiger partial charge in [-0.1, -0.05) is 58.3 Å². The molecule has 0 amide bonds. The Hall–Kier alpha value is 0. The molecule has 0 nitrogen and oxygen atoms in total. The van der Waals surface area contributed by atoms with Crippen molar-refractivity contribution >= 4 is 0 Å². The molecule has 2 unspecified atom stereocenters. The van der Waals surface area contributed by atoms with Crippen LogP contribution in [-0.4, -0.2) is 0 Å². The van der Waals surface area contributed by atoms with Gasteiger partial charge < -0.3 is 0 Å². The van der Waals surface area contributed by atoms with E-state index in [9.17, 15) is 0 Å². The fourth-order valence-electron chi connectivity index (χ4n) is 3.78. The molecule has 0 heteroatoms. The lowest BCUT2D eigenvalue weighted by Gasteiger charge is -2.15. The molecule has 0 spiro atoms. The molecule has 2 aliphatic rings. The molecule has 0 bridgehead atoms. The van der Waals surface area contributed by atoms with Crippen molar-refractivity contribution in [1.29, 1.82) is 0 Å². The Labute approximate surface area is 89.5 Å². The maximum Gasteiger partial charge on any atom is -0.0409 e. The molecule has 0 radical (unpaired) electrons. The molecule has 0 aromatic rings. The summed E-state index contributed by atoms with van der Waals surface area (Å²) in [7, 11) is 0. The van der Waals surface area contributed by atoms with Gasteiger partial charge in [-0.15, -0.1) is 0 Å². The summed E-state index contributed by atoms with van der Waals surface area (Å²) in [5.41, 5.74) is 0. The summed E-state index contributed by atoms with van der Waals surface area (Å²) in [4.78, 5) is 0. The fourth-order valence-corrected chi connectivity index (χ4v) is 3.78. The molecule has 0 N–H and O–H groups in total. The van der Waals surface area contributed by atoms with Crippen molar-refractivity contribution in [2.24, 2.45) is 17.8 Å². The van der Waals surface area contributed by atoms with E-state index < -0.39 is 0 Å². The minimum atomic E-state index is 1.10. The monoisotopic (exact) mass is 194 g/mol. The first kappa shape index (κ1) is 10.5. The highest BCUT2D eigenvalue weighted by Crippen LogP contribution is 2.40. The van der Waals surface area contributed by atoms with E-state index in [1.165, 1.54) is 25.7 Å². The predicted molar refractivity (Wildman–Crippen MR) is 62.3 cm³/mol. The Morgan fingerprint density at radius 3 is 2.29 bits per heavy atom. The van der Waals surface area contributed by atoms with Gasteiger partial charge in [-0.2, -0.15) is 0 Å². The first-order valence-electron chi connectivity index (χ1n) is 6.88. The van der Waals surface area contributed by atoms with E-state index in [1.807, 2.05) is 0 Å². The Morgan fingerprint density at radius 1 is 0.857 bits per heavy atom. The van der Waals surface area contributed by atoms with Gasteiger partial charge in [0.1, 0.15) is 0 Å². The van der Waals surface area contributed by atoms with E-state index in [-0.39, 0.29) is 0 Å². The molecule has 0 aliphatic heterocycles. The van der Waals surface area contributed by atoms with Gasteiger partial charge in [-0.05, 0) is 30.6 Å². The van der Waals surface area contributed by atoms with Crippen molar-refractivity contribution in [1.82, 2.24) is 0 Å². The molecule has 0 aromatic heterocycles. The van der Waals surface area contributed by atoms with Crippen LogP contribution in [0.15, 0.2) is 0 Å². The molecular formula is C14H26. The second-order valence-corrected chi connectivity index (χ2v) is 5.72. The van der Waals surface area contributed by atoms with E-state index in [0.717, 1.165) is 17.8 Å². The summed E-state index contributed by atoms with van der Waals surface area (Å²) < 4.78 is 0. The van der Waals surface area contributed by atoms with Crippen LogP contribution in [0.1, 0.15) is 71.1 Å². The zero-order valence-electron chi connectivity index (χ0n) is 9.80. The standard InChI is InChI=1S/C14H26/c1-2-5-12-8-9-14(10-12)11-13-6-3-4-7-13/h12-14H,2-11H2,1H3. The molecule has 14 heavy (non-hydrogen) atoms. The third kappa shape index (κ3) is 2.74. The van der Waals surface area contributed by atoms with E-state index in [4.69, 9.17) is 0 Å². The van der Waals surface area contributed by atoms with Crippen molar-refractivity contribution in [2.45, 2.75) is 71.1 Å². The molecule has 0 aromatic carbocycles. The van der Waals surface area contributed by atoms with Gasteiger partial charge >= 0.3 is 0 Å². The van der Waals surface area contributed by atoms with Crippen LogP contribution in [0.25, 0.3) is 0 Å². The Morgan fingerprint density at radius 2 is 1.57 bits per heavy atom. The summed E-state index contributed by atoms with van der Waals surface area (Å²) >= 11 is 0. The van der Waals surface area contributed by atoms with Crippen LogP contribution in [0.3, 0.4) is 0 Å². The maximum absolute atomic E-state index is 2.34. The van der Waals surface area contributed by atoms with Crippen LogP contribution in [0.2, 0.25) is 0 Å². The summed E-state index contributed by atoms with van der Waals surface area (Å²) in [5, 5.41) is 0. The van der Waals surface area contributed by atoms with Crippen molar-refractivity contribution in [3.63, 3.8) is 0 Å². The second-order valence-electron chi connectivity index (χ2n) is 5.72. The van der Waals surface area contributed by atoms with Crippen molar-refractivity contribution < 1.29 is 0 Å². The zero-order valence-corrected chi connectivity index (χ0v) is 9.80. The van der Waals surface area contributed by atoms with Crippen molar-refractivity contribution in [3.05, 3.63) is 0 Å². The largest absolute Gasteiger partial charge is 0.0654 e. The molecular weight excluding hydrogens is 168 g/mol. The van der Waals surface area contributed by atoms with Gasteiger partial charge in [0.25, 0.3) is 0 Å². The highest BCUT2D eigenvalue weighted by atomic mass is 14.3. The highest BCUT2D eigenvalue weighted by Gasteiger charge is 2.27. The van der Waals surface area contributed by atoms with E-state index in [1.54, 1.807) is 38.5 Å². The van der Waals surface area contributed by atoms with Crippen molar-refractivity contribution in [2.75, 3.05) is 0 Å². The van der Waals surface area contributed by atoms with Gasteiger partial charge in [0.05, 0.1) is 0 Å². The first-order chi connectivity index (χ1) is 6.88. The van der Waals surface area contributed by atoms with Crippen LogP contribution in [0.4, 0.5) is 0 Å². The van der Waals surface area contributed by atoms with E-state index >= 15 is 0 Å². The lowest BCUT2D eigenvalue weighted by molar-refractivity contribution is 0.366. The normalized spacial score (nSPS) is 34.1. The second kappa shape index (κ2) is 5.19. The summed E-state index contributed by atoms with van der Waals surface area (Å²) in [6, 6.07) is 0. The van der Waals surface area contributed by atoms with Gasteiger partial charge in [-0.3, -0.25) is 0 Å².